The molecule has 0 atom stereocenters. The third-order valence-electron chi connectivity index (χ3n) is 11.5. The van der Waals surface area contributed by atoms with Gasteiger partial charge in [-0.25, -0.2) is 0 Å². The molecule has 2 heterocycles. The zero-order valence-corrected chi connectivity index (χ0v) is 28.0. The van der Waals surface area contributed by atoms with Crippen LogP contribution in [-0.2, 0) is 5.41 Å². The molecule has 0 unspecified atom stereocenters. The highest BCUT2D eigenvalue weighted by atomic mass is 15.1. The maximum absolute atomic E-state index is 2.52. The minimum atomic E-state index is -0.399. The minimum Gasteiger partial charge on any atom is -0.310 e. The second-order valence-corrected chi connectivity index (χ2v) is 14.0. The summed E-state index contributed by atoms with van der Waals surface area (Å²) < 4.78 is 0. The summed E-state index contributed by atoms with van der Waals surface area (Å²) in [5.74, 6) is 0. The van der Waals surface area contributed by atoms with Gasteiger partial charge in [0.1, 0.15) is 0 Å². The van der Waals surface area contributed by atoms with Crippen molar-refractivity contribution in [2.75, 3.05) is 4.90 Å². The molecule has 1 nitrogen and oxygen atoms in total. The third-order valence-corrected chi connectivity index (χ3v) is 11.5. The van der Waals surface area contributed by atoms with Crippen LogP contribution in [0.2, 0.25) is 0 Å². The Morgan fingerprint density at radius 2 is 0.863 bits per heavy atom. The van der Waals surface area contributed by atoms with E-state index in [-0.39, 0.29) is 6.71 Å². The van der Waals surface area contributed by atoms with Crippen molar-refractivity contribution in [1.82, 2.24) is 0 Å². The molecule has 8 aromatic rings. The highest BCUT2D eigenvalue weighted by molar-refractivity contribution is 7.00. The molecule has 2 heteroatoms. The molecule has 0 amide bonds. The van der Waals surface area contributed by atoms with Crippen LogP contribution in [0.5, 0.6) is 0 Å². The fourth-order valence-electron chi connectivity index (χ4n) is 9.62. The Morgan fingerprint density at radius 3 is 1.57 bits per heavy atom. The van der Waals surface area contributed by atoms with E-state index in [4.69, 9.17) is 0 Å². The van der Waals surface area contributed by atoms with Crippen molar-refractivity contribution in [3.8, 4) is 33.4 Å². The van der Waals surface area contributed by atoms with Crippen molar-refractivity contribution in [1.29, 1.82) is 0 Å². The average Bonchev–Trinajstić information content (AvgIpc) is 3.70. The molecule has 0 fully saturated rings. The van der Waals surface area contributed by atoms with Crippen LogP contribution in [0, 0.1) is 0 Å². The molecule has 51 heavy (non-hydrogen) atoms. The smallest absolute Gasteiger partial charge is 0.243 e. The Labute approximate surface area is 299 Å². The van der Waals surface area contributed by atoms with Crippen LogP contribution in [-0.4, -0.2) is 6.71 Å². The van der Waals surface area contributed by atoms with Gasteiger partial charge >= 0.3 is 0 Å². The summed E-state index contributed by atoms with van der Waals surface area (Å²) in [5.41, 5.74) is 20.7. The lowest BCUT2D eigenvalue weighted by Crippen LogP contribution is -2.59. The third kappa shape index (κ3) is 3.88. The average molecular weight is 646 g/mol. The van der Waals surface area contributed by atoms with E-state index >= 15 is 0 Å². The fraction of sp³-hybridized carbons (Fsp3) is 0.0204. The van der Waals surface area contributed by atoms with Gasteiger partial charge in [0.05, 0.1) is 5.41 Å². The van der Waals surface area contributed by atoms with Crippen LogP contribution in [0.25, 0.3) is 33.4 Å². The van der Waals surface area contributed by atoms with Crippen LogP contribution >= 0.6 is 0 Å². The van der Waals surface area contributed by atoms with Gasteiger partial charge < -0.3 is 4.90 Å². The van der Waals surface area contributed by atoms with Gasteiger partial charge in [0.2, 0.25) is 6.71 Å². The summed E-state index contributed by atoms with van der Waals surface area (Å²) in [5, 5.41) is 0. The van der Waals surface area contributed by atoms with Crippen molar-refractivity contribution in [3.05, 3.63) is 216 Å². The lowest BCUT2D eigenvalue weighted by molar-refractivity contribution is 0.775. The molecule has 1 spiro atoms. The lowest BCUT2D eigenvalue weighted by atomic mass is 9.32. The van der Waals surface area contributed by atoms with Gasteiger partial charge in [-0.3, -0.25) is 0 Å². The molecular weight excluding hydrogens is 613 g/mol. The quantitative estimate of drug-likeness (QED) is 0.172. The van der Waals surface area contributed by atoms with Gasteiger partial charge in [0.25, 0.3) is 0 Å². The molecule has 1 aliphatic carbocycles. The van der Waals surface area contributed by atoms with Gasteiger partial charge in [-0.1, -0.05) is 174 Å². The molecule has 3 aliphatic rings. The molecule has 0 radical (unpaired) electrons. The van der Waals surface area contributed by atoms with Crippen molar-refractivity contribution < 1.29 is 0 Å². The van der Waals surface area contributed by atoms with Crippen LogP contribution < -0.4 is 21.3 Å². The number of para-hydroxylation sites is 2. The van der Waals surface area contributed by atoms with Gasteiger partial charge in [0, 0.05) is 17.1 Å². The van der Waals surface area contributed by atoms with Crippen molar-refractivity contribution in [2.45, 2.75) is 5.41 Å². The molecule has 236 valence electrons. The SMILES string of the molecule is c1ccc(N(c2ccccc2)c2cccc(-c3ccc4c(c3)B3c5ccccc5-c5cccc(c53)C43c4ccccc4-c4ccccc43)c2)cc1. The summed E-state index contributed by atoms with van der Waals surface area (Å²) in [6, 6.07) is 72.0. The Bertz CT molecular complexity index is 2570. The first kappa shape index (κ1) is 28.5. The summed E-state index contributed by atoms with van der Waals surface area (Å²) in [6.07, 6.45) is 0. The van der Waals surface area contributed by atoms with Crippen LogP contribution in [0.15, 0.2) is 194 Å². The normalized spacial score (nSPS) is 13.6. The topological polar surface area (TPSA) is 3.24 Å². The summed E-state index contributed by atoms with van der Waals surface area (Å²) in [7, 11) is 0. The maximum atomic E-state index is 2.52. The van der Waals surface area contributed by atoms with E-state index in [0.29, 0.717) is 0 Å². The van der Waals surface area contributed by atoms with Crippen molar-refractivity contribution >= 4 is 40.2 Å². The van der Waals surface area contributed by atoms with E-state index in [1.54, 1.807) is 0 Å². The zero-order chi connectivity index (χ0) is 33.5. The number of nitrogens with zero attached hydrogens (tertiary/aromatic N) is 1. The highest BCUT2D eigenvalue weighted by Gasteiger charge is 2.54. The van der Waals surface area contributed by atoms with E-state index < -0.39 is 5.41 Å². The number of benzene rings is 8. The van der Waals surface area contributed by atoms with Crippen LogP contribution in [0.4, 0.5) is 17.1 Å². The van der Waals surface area contributed by atoms with Crippen LogP contribution in [0.3, 0.4) is 0 Å². The van der Waals surface area contributed by atoms with Gasteiger partial charge in [-0.05, 0) is 92.0 Å². The van der Waals surface area contributed by atoms with Gasteiger partial charge in [-0.15, -0.1) is 0 Å². The molecular formula is C49H32BN. The Hall–Kier alpha value is -6.38. The van der Waals surface area contributed by atoms with Crippen LogP contribution in [0.1, 0.15) is 22.3 Å². The molecule has 0 N–H and O–H groups in total. The number of hydrogen-bond donors (Lipinski definition) is 0. The molecule has 0 saturated heterocycles. The fourth-order valence-corrected chi connectivity index (χ4v) is 9.62. The number of fused-ring (bicyclic) bond motifs is 12. The molecule has 0 bridgehead atoms. The molecule has 0 aromatic heterocycles. The highest BCUT2D eigenvalue weighted by Crippen LogP contribution is 2.57. The molecule has 8 aromatic carbocycles. The Morgan fingerprint density at radius 1 is 0.333 bits per heavy atom. The first-order chi connectivity index (χ1) is 25.3. The van der Waals surface area contributed by atoms with E-state index in [1.807, 2.05) is 0 Å². The van der Waals surface area contributed by atoms with Gasteiger partial charge in [-0.2, -0.15) is 0 Å². The summed E-state index contributed by atoms with van der Waals surface area (Å²) in [4.78, 5) is 2.35. The van der Waals surface area contributed by atoms with E-state index in [1.165, 1.54) is 72.0 Å². The van der Waals surface area contributed by atoms with Crippen molar-refractivity contribution in [3.63, 3.8) is 0 Å². The van der Waals surface area contributed by atoms with E-state index in [2.05, 4.69) is 199 Å². The molecule has 11 rings (SSSR count). The summed E-state index contributed by atoms with van der Waals surface area (Å²) >= 11 is 0. The number of anilines is 3. The largest absolute Gasteiger partial charge is 0.310 e. The maximum Gasteiger partial charge on any atom is 0.243 e. The first-order valence-corrected chi connectivity index (χ1v) is 17.9. The van der Waals surface area contributed by atoms with Crippen molar-refractivity contribution in [2.24, 2.45) is 0 Å². The predicted octanol–water partition coefficient (Wildman–Crippen LogP) is 10.00. The second-order valence-electron chi connectivity index (χ2n) is 14.0. The monoisotopic (exact) mass is 645 g/mol. The summed E-state index contributed by atoms with van der Waals surface area (Å²) in [6.45, 7) is 0.168. The standard InChI is InChI=1S/C49H32BN/c1-3-16-35(17-4-1)51(36-18-5-2-6-19-36)37-20-13-15-33(31-37)34-29-30-44-47(32-34)50-46-28-12-9-23-40(46)41-24-14-27-45(48(41)50)49(44)42-25-10-7-21-38(42)39-22-8-11-26-43(39)49/h1-32H. The second kappa shape index (κ2) is 10.8. The molecule has 2 aliphatic heterocycles. The van der Waals surface area contributed by atoms with E-state index in [0.717, 1.165) is 17.1 Å². The first-order valence-electron chi connectivity index (χ1n) is 17.9. The Kier molecular flexibility index (Phi) is 6.03. The Balaban J connectivity index is 1.17. The lowest BCUT2D eigenvalue weighted by Gasteiger charge is -2.42. The number of rotatable bonds is 4. The van der Waals surface area contributed by atoms with E-state index in [9.17, 15) is 0 Å². The molecule has 0 saturated carbocycles. The van der Waals surface area contributed by atoms with Gasteiger partial charge in [0.15, 0.2) is 0 Å². The minimum absolute atomic E-state index is 0.168. The number of hydrogen-bond acceptors (Lipinski definition) is 1. The predicted molar refractivity (Wildman–Crippen MR) is 214 cm³/mol. The zero-order valence-electron chi connectivity index (χ0n) is 28.0.